The van der Waals surface area contributed by atoms with Crippen molar-refractivity contribution in [3.63, 3.8) is 0 Å². The first-order valence-electron chi connectivity index (χ1n) is 13.9. The van der Waals surface area contributed by atoms with Gasteiger partial charge in [-0.2, -0.15) is 13.2 Å². The molecule has 1 aliphatic heterocycles. The van der Waals surface area contributed by atoms with E-state index < -0.39 is 34.7 Å². The second-order valence-electron chi connectivity index (χ2n) is 10.6. The molecule has 1 aliphatic rings. The lowest BCUT2D eigenvalue weighted by molar-refractivity contribution is -0.144. The van der Waals surface area contributed by atoms with Crippen LogP contribution in [0.5, 0.6) is 0 Å². The van der Waals surface area contributed by atoms with Gasteiger partial charge in [0.15, 0.2) is 0 Å². The standard InChI is InChI=1S/C31H31F3N4O4/c1-4-42-30(41)23(36-25-26(28(40)27(25)39)38-17(2)9-10-18(38)3)15-19-11-13-21(14-12-19)35-29-22-8-6-5-7-20(22)16-24(37-29)31(32,33)34/h5-8,11-14,16-18,23,36H,4,9-10,15H2,1-3H3,(H,35,37). The zero-order valence-electron chi connectivity index (χ0n) is 23.4. The number of benzene rings is 2. The third-order valence-electron chi connectivity index (χ3n) is 7.67. The first-order chi connectivity index (χ1) is 20.0. The highest BCUT2D eigenvalue weighted by Gasteiger charge is 2.37. The van der Waals surface area contributed by atoms with Crippen molar-refractivity contribution >= 4 is 39.6 Å². The van der Waals surface area contributed by atoms with Gasteiger partial charge in [0, 0.05) is 29.6 Å². The molecular formula is C31H31F3N4O4. The van der Waals surface area contributed by atoms with E-state index in [2.05, 4.69) is 15.6 Å². The number of ether oxygens (including phenoxy) is 1. The normalized spacial score (nSPS) is 17.9. The maximum Gasteiger partial charge on any atom is 0.433 e. The topological polar surface area (TPSA) is 101 Å². The zero-order valence-corrected chi connectivity index (χ0v) is 23.4. The molecule has 11 heteroatoms. The molecule has 4 aromatic rings. The number of alkyl halides is 3. The molecule has 220 valence electrons. The summed E-state index contributed by atoms with van der Waals surface area (Å²) in [5.74, 6) is -0.502. The maximum atomic E-state index is 13.5. The Morgan fingerprint density at radius 3 is 2.36 bits per heavy atom. The Morgan fingerprint density at radius 2 is 1.71 bits per heavy atom. The van der Waals surface area contributed by atoms with Crippen LogP contribution in [0.15, 0.2) is 64.2 Å². The van der Waals surface area contributed by atoms with Crippen LogP contribution in [0.25, 0.3) is 10.8 Å². The third kappa shape index (κ3) is 5.68. The largest absolute Gasteiger partial charge is 0.464 e. The molecule has 2 heterocycles. The van der Waals surface area contributed by atoms with E-state index >= 15 is 0 Å². The number of halogens is 3. The van der Waals surface area contributed by atoms with Gasteiger partial charge in [0.05, 0.1) is 6.61 Å². The van der Waals surface area contributed by atoms with Crippen molar-refractivity contribution in [3.05, 3.63) is 86.3 Å². The van der Waals surface area contributed by atoms with Crippen LogP contribution in [-0.4, -0.2) is 35.7 Å². The average Bonchev–Trinajstić information content (AvgIpc) is 3.29. The minimum atomic E-state index is -4.61. The summed E-state index contributed by atoms with van der Waals surface area (Å²) in [6, 6.07) is 13.7. The highest BCUT2D eigenvalue weighted by Crippen LogP contribution is 2.35. The summed E-state index contributed by atoms with van der Waals surface area (Å²) in [4.78, 5) is 43.8. The fourth-order valence-corrected chi connectivity index (χ4v) is 5.54. The Kier molecular flexibility index (Phi) is 7.94. The highest BCUT2D eigenvalue weighted by molar-refractivity contribution is 5.93. The minimum absolute atomic E-state index is 0.0669. The predicted molar refractivity (Wildman–Crippen MR) is 156 cm³/mol. The molecule has 42 heavy (non-hydrogen) atoms. The molecule has 0 aliphatic carbocycles. The van der Waals surface area contributed by atoms with E-state index in [0.717, 1.165) is 18.9 Å². The number of pyridine rings is 1. The van der Waals surface area contributed by atoms with Crippen LogP contribution in [0.3, 0.4) is 0 Å². The average molecular weight is 581 g/mol. The Balaban J connectivity index is 1.38. The number of carbonyl (C=O) groups excluding carboxylic acids is 1. The van der Waals surface area contributed by atoms with Crippen molar-refractivity contribution < 1.29 is 22.7 Å². The lowest BCUT2D eigenvalue weighted by Crippen LogP contribution is -2.48. The number of hydrogen-bond acceptors (Lipinski definition) is 8. The number of rotatable bonds is 9. The van der Waals surface area contributed by atoms with Crippen LogP contribution < -0.4 is 26.4 Å². The summed E-state index contributed by atoms with van der Waals surface area (Å²) in [5.41, 5.74) is -0.585. The zero-order chi connectivity index (χ0) is 30.2. The molecule has 5 rings (SSSR count). The van der Waals surface area contributed by atoms with Gasteiger partial charge in [-0.25, -0.2) is 9.78 Å². The number of esters is 1. The number of nitrogens with one attached hydrogen (secondary N) is 2. The van der Waals surface area contributed by atoms with Crippen molar-refractivity contribution in [2.75, 3.05) is 22.1 Å². The molecule has 8 nitrogen and oxygen atoms in total. The molecule has 0 amide bonds. The van der Waals surface area contributed by atoms with Crippen LogP contribution in [0.2, 0.25) is 0 Å². The highest BCUT2D eigenvalue weighted by atomic mass is 19.4. The molecule has 1 fully saturated rings. The van der Waals surface area contributed by atoms with E-state index in [1.165, 1.54) is 0 Å². The van der Waals surface area contributed by atoms with Crippen LogP contribution in [0.4, 0.5) is 36.1 Å². The number of fused-ring (bicyclic) bond motifs is 1. The van der Waals surface area contributed by atoms with E-state index in [1.807, 2.05) is 18.7 Å². The van der Waals surface area contributed by atoms with Gasteiger partial charge in [0.2, 0.25) is 0 Å². The van der Waals surface area contributed by atoms with E-state index in [9.17, 15) is 27.6 Å². The van der Waals surface area contributed by atoms with Gasteiger partial charge in [-0.15, -0.1) is 0 Å². The molecule has 0 radical (unpaired) electrons. The van der Waals surface area contributed by atoms with Crippen molar-refractivity contribution in [2.45, 2.75) is 64.3 Å². The van der Waals surface area contributed by atoms with Crippen LogP contribution in [0.1, 0.15) is 44.9 Å². The van der Waals surface area contributed by atoms with E-state index in [1.54, 1.807) is 55.5 Å². The van der Waals surface area contributed by atoms with Gasteiger partial charge in [-0.1, -0.05) is 36.4 Å². The number of aromatic nitrogens is 1. The molecule has 0 saturated carbocycles. The van der Waals surface area contributed by atoms with Gasteiger partial charge < -0.3 is 20.3 Å². The van der Waals surface area contributed by atoms with Crippen LogP contribution >= 0.6 is 0 Å². The summed E-state index contributed by atoms with van der Waals surface area (Å²) in [6.45, 7) is 5.81. The van der Waals surface area contributed by atoms with Gasteiger partial charge in [-0.05, 0) is 62.8 Å². The Hall–Kier alpha value is -4.41. The fourth-order valence-electron chi connectivity index (χ4n) is 5.54. The summed E-state index contributed by atoms with van der Waals surface area (Å²) in [5, 5.41) is 6.90. The first kappa shape index (κ1) is 29.1. The molecule has 1 saturated heterocycles. The number of nitrogens with zero attached hydrogens (tertiary/aromatic N) is 2. The quantitative estimate of drug-likeness (QED) is 0.196. The van der Waals surface area contributed by atoms with Gasteiger partial charge in [-0.3, -0.25) is 9.59 Å². The number of anilines is 4. The fraction of sp³-hybridized carbons (Fsp3) is 0.355. The van der Waals surface area contributed by atoms with E-state index in [-0.39, 0.29) is 36.6 Å². The van der Waals surface area contributed by atoms with E-state index in [0.29, 0.717) is 27.7 Å². The lowest BCUT2D eigenvalue weighted by atomic mass is 10.0. The Labute approximate surface area is 240 Å². The molecule has 3 atom stereocenters. The molecule has 3 aromatic carbocycles. The number of hydrogen-bond donors (Lipinski definition) is 2. The summed E-state index contributed by atoms with van der Waals surface area (Å²) < 4.78 is 45.6. The Morgan fingerprint density at radius 1 is 1.05 bits per heavy atom. The summed E-state index contributed by atoms with van der Waals surface area (Å²) in [7, 11) is 0. The summed E-state index contributed by atoms with van der Waals surface area (Å²) >= 11 is 0. The smallest absolute Gasteiger partial charge is 0.433 e. The van der Waals surface area contributed by atoms with Crippen molar-refractivity contribution in [2.24, 2.45) is 0 Å². The Bertz CT molecular complexity index is 1670. The third-order valence-corrected chi connectivity index (χ3v) is 7.67. The van der Waals surface area contributed by atoms with Crippen molar-refractivity contribution in [1.29, 1.82) is 0 Å². The first-order valence-corrected chi connectivity index (χ1v) is 13.9. The molecular weight excluding hydrogens is 549 g/mol. The molecule has 0 spiro atoms. The molecule has 2 N–H and O–H groups in total. The molecule has 1 aromatic heterocycles. The minimum Gasteiger partial charge on any atom is -0.464 e. The SMILES string of the molecule is CCOC(=O)C(Cc1ccc(Nc2nc(C(F)(F)F)cc3ccccc23)cc1)Nc1c(N2C(C)CCC2C)c(=O)c1=O. The van der Waals surface area contributed by atoms with Gasteiger partial charge in [0.1, 0.15) is 28.9 Å². The number of carbonyl (C=O) groups is 1. The van der Waals surface area contributed by atoms with Gasteiger partial charge in [0.25, 0.3) is 10.9 Å². The van der Waals surface area contributed by atoms with Crippen LogP contribution in [-0.2, 0) is 22.1 Å². The molecule has 0 bridgehead atoms. The lowest BCUT2D eigenvalue weighted by Gasteiger charge is -2.32. The molecule has 3 unspecified atom stereocenters. The predicted octanol–water partition coefficient (Wildman–Crippen LogP) is 5.56. The summed E-state index contributed by atoms with van der Waals surface area (Å²) in [6.07, 6.45) is -2.67. The second-order valence-corrected chi connectivity index (χ2v) is 10.6. The monoisotopic (exact) mass is 580 g/mol. The maximum absolute atomic E-state index is 13.5. The van der Waals surface area contributed by atoms with E-state index in [4.69, 9.17) is 4.74 Å². The van der Waals surface area contributed by atoms with Gasteiger partial charge >= 0.3 is 12.1 Å². The van der Waals surface area contributed by atoms with Crippen LogP contribution in [0, 0.1) is 0 Å². The van der Waals surface area contributed by atoms with Crippen molar-refractivity contribution in [3.8, 4) is 0 Å². The van der Waals surface area contributed by atoms with Crippen molar-refractivity contribution in [1.82, 2.24) is 4.98 Å². The second kappa shape index (κ2) is 11.5.